The first-order valence-electron chi connectivity index (χ1n) is 7.46. The second kappa shape index (κ2) is 6.51. The van der Waals surface area contributed by atoms with Crippen LogP contribution in [-0.2, 0) is 0 Å². The van der Waals surface area contributed by atoms with Crippen LogP contribution in [0.3, 0.4) is 0 Å². The van der Waals surface area contributed by atoms with Crippen molar-refractivity contribution in [1.29, 1.82) is 0 Å². The summed E-state index contributed by atoms with van der Waals surface area (Å²) in [4.78, 5) is 0. The Balaban J connectivity index is 1.88. The van der Waals surface area contributed by atoms with Gasteiger partial charge in [0.25, 0.3) is 0 Å². The Morgan fingerprint density at radius 1 is 1.17 bits per heavy atom. The van der Waals surface area contributed by atoms with Crippen molar-refractivity contribution in [3.63, 3.8) is 0 Å². The summed E-state index contributed by atoms with van der Waals surface area (Å²) in [5.74, 6) is 1.54. The van der Waals surface area contributed by atoms with Crippen LogP contribution < -0.4 is 0 Å². The molecule has 1 aliphatic rings. The average molecular weight is 264 g/mol. The number of hydrogen-bond donors (Lipinski definition) is 0. The Kier molecular flexibility index (Phi) is 4.99. The molecular formula is C16H25FSi. The van der Waals surface area contributed by atoms with Crippen LogP contribution in [0.5, 0.6) is 0 Å². The van der Waals surface area contributed by atoms with Crippen LogP contribution >= 0.6 is 0 Å². The summed E-state index contributed by atoms with van der Waals surface area (Å²) in [6, 6.07) is 8.61. The molecule has 1 aromatic rings. The van der Waals surface area contributed by atoms with Gasteiger partial charge < -0.3 is 0 Å². The van der Waals surface area contributed by atoms with Crippen LogP contribution in [-0.4, -0.2) is 9.52 Å². The minimum absolute atomic E-state index is 0.116. The molecule has 0 nitrogen and oxygen atoms in total. The van der Waals surface area contributed by atoms with Gasteiger partial charge in [-0.25, -0.2) is 4.39 Å². The molecule has 2 heteroatoms. The van der Waals surface area contributed by atoms with E-state index >= 15 is 0 Å². The molecule has 0 N–H and O–H groups in total. The Bertz CT molecular complexity index is 352. The van der Waals surface area contributed by atoms with E-state index in [4.69, 9.17) is 0 Å². The molecule has 1 saturated carbocycles. The fraction of sp³-hybridized carbons (Fsp3) is 0.625. The van der Waals surface area contributed by atoms with Gasteiger partial charge in [-0.1, -0.05) is 37.6 Å². The van der Waals surface area contributed by atoms with Gasteiger partial charge in [-0.05, 0) is 55.2 Å². The molecule has 1 fully saturated rings. The number of benzene rings is 1. The first kappa shape index (κ1) is 13.8. The van der Waals surface area contributed by atoms with Crippen molar-refractivity contribution in [1.82, 2.24) is 0 Å². The number of rotatable bonds is 4. The van der Waals surface area contributed by atoms with Crippen LogP contribution in [0.25, 0.3) is 0 Å². The van der Waals surface area contributed by atoms with Gasteiger partial charge in [0.2, 0.25) is 0 Å². The van der Waals surface area contributed by atoms with E-state index in [1.807, 2.05) is 12.1 Å². The molecule has 1 aliphatic carbocycles. The molecule has 1 unspecified atom stereocenters. The summed E-state index contributed by atoms with van der Waals surface area (Å²) in [7, 11) is 0.167. The van der Waals surface area contributed by atoms with Gasteiger partial charge >= 0.3 is 0 Å². The van der Waals surface area contributed by atoms with Gasteiger partial charge in [-0.15, -0.1) is 0 Å². The molecule has 0 bridgehead atoms. The van der Waals surface area contributed by atoms with Crippen molar-refractivity contribution in [3.8, 4) is 0 Å². The van der Waals surface area contributed by atoms with E-state index in [-0.39, 0.29) is 15.3 Å². The predicted octanol–water partition coefficient (Wildman–Crippen LogP) is 4.51. The van der Waals surface area contributed by atoms with E-state index in [0.717, 1.165) is 11.5 Å². The minimum atomic E-state index is -0.116. The van der Waals surface area contributed by atoms with Crippen molar-refractivity contribution < 1.29 is 4.39 Å². The Morgan fingerprint density at radius 2 is 1.78 bits per heavy atom. The van der Waals surface area contributed by atoms with E-state index in [1.165, 1.54) is 37.3 Å². The quantitative estimate of drug-likeness (QED) is 0.702. The first-order chi connectivity index (χ1) is 8.70. The molecule has 0 saturated heterocycles. The third-order valence-electron chi connectivity index (χ3n) is 4.66. The lowest BCUT2D eigenvalue weighted by Gasteiger charge is -2.32. The molecule has 1 aromatic carbocycles. The molecule has 0 aliphatic heterocycles. The van der Waals surface area contributed by atoms with Gasteiger partial charge in [0, 0.05) is 9.52 Å². The lowest BCUT2D eigenvalue weighted by atomic mass is 9.77. The zero-order valence-corrected chi connectivity index (χ0v) is 13.1. The highest BCUT2D eigenvalue weighted by Gasteiger charge is 2.25. The maximum Gasteiger partial charge on any atom is 0.123 e. The average Bonchev–Trinajstić information content (AvgIpc) is 2.40. The van der Waals surface area contributed by atoms with Gasteiger partial charge in [-0.3, -0.25) is 0 Å². The second-order valence-corrected chi connectivity index (χ2v) is 8.79. The Hall–Kier alpha value is -0.633. The first-order valence-corrected chi connectivity index (χ1v) is 9.27. The number of halogens is 1. The van der Waals surface area contributed by atoms with E-state index in [9.17, 15) is 4.39 Å². The molecule has 0 amide bonds. The van der Waals surface area contributed by atoms with Crippen molar-refractivity contribution in [2.45, 2.75) is 57.0 Å². The standard InChI is InChI=1S/C16H25FSi/c1-3-18-12(2)13-4-6-14(7-5-13)15-8-10-16(17)11-9-15/h8-14H,3-7,18H2,1-2H3. The Labute approximate surface area is 113 Å². The molecule has 1 atom stereocenters. The highest BCUT2D eigenvalue weighted by molar-refractivity contribution is 6.37. The van der Waals surface area contributed by atoms with E-state index in [2.05, 4.69) is 13.8 Å². The summed E-state index contributed by atoms with van der Waals surface area (Å²) in [5, 5.41) is 0. The number of hydrogen-bond acceptors (Lipinski definition) is 0. The van der Waals surface area contributed by atoms with E-state index in [0.29, 0.717) is 5.92 Å². The molecule has 0 heterocycles. The molecular weight excluding hydrogens is 239 g/mol. The molecule has 2 rings (SSSR count). The van der Waals surface area contributed by atoms with Crippen LogP contribution in [0.2, 0.25) is 11.6 Å². The maximum atomic E-state index is 12.9. The zero-order valence-electron chi connectivity index (χ0n) is 11.7. The third-order valence-corrected chi connectivity index (χ3v) is 6.82. The molecule has 0 radical (unpaired) electrons. The zero-order chi connectivity index (χ0) is 13.0. The SMILES string of the molecule is CC[SiH2]C(C)C1CCC(c2ccc(F)cc2)CC1. The summed E-state index contributed by atoms with van der Waals surface area (Å²) in [6.45, 7) is 4.81. The summed E-state index contributed by atoms with van der Waals surface area (Å²) >= 11 is 0. The highest BCUT2D eigenvalue weighted by Crippen LogP contribution is 2.40. The molecule has 18 heavy (non-hydrogen) atoms. The Morgan fingerprint density at radius 3 is 2.33 bits per heavy atom. The van der Waals surface area contributed by atoms with Crippen molar-refractivity contribution >= 4 is 9.52 Å². The second-order valence-electron chi connectivity index (χ2n) is 5.93. The molecule has 0 spiro atoms. The summed E-state index contributed by atoms with van der Waals surface area (Å²) < 4.78 is 12.9. The fourth-order valence-electron chi connectivity index (χ4n) is 3.45. The predicted molar refractivity (Wildman–Crippen MR) is 79.5 cm³/mol. The summed E-state index contributed by atoms with van der Waals surface area (Å²) in [5.41, 5.74) is 2.36. The van der Waals surface area contributed by atoms with Gasteiger partial charge in [0.05, 0.1) is 0 Å². The highest BCUT2D eigenvalue weighted by atomic mass is 28.2. The monoisotopic (exact) mass is 264 g/mol. The van der Waals surface area contributed by atoms with Crippen LogP contribution in [0, 0.1) is 11.7 Å². The van der Waals surface area contributed by atoms with E-state index < -0.39 is 0 Å². The van der Waals surface area contributed by atoms with Crippen LogP contribution in [0.4, 0.5) is 4.39 Å². The van der Waals surface area contributed by atoms with Crippen molar-refractivity contribution in [3.05, 3.63) is 35.6 Å². The molecule has 0 aromatic heterocycles. The topological polar surface area (TPSA) is 0 Å². The van der Waals surface area contributed by atoms with Gasteiger partial charge in [-0.2, -0.15) is 0 Å². The van der Waals surface area contributed by atoms with Crippen LogP contribution in [0.1, 0.15) is 51.0 Å². The summed E-state index contributed by atoms with van der Waals surface area (Å²) in [6.07, 6.45) is 5.38. The third kappa shape index (κ3) is 3.44. The van der Waals surface area contributed by atoms with Crippen molar-refractivity contribution in [2.75, 3.05) is 0 Å². The van der Waals surface area contributed by atoms with Crippen LogP contribution in [0.15, 0.2) is 24.3 Å². The maximum absolute atomic E-state index is 12.9. The fourth-order valence-corrected chi connectivity index (χ4v) is 5.30. The van der Waals surface area contributed by atoms with Crippen molar-refractivity contribution in [2.24, 2.45) is 5.92 Å². The van der Waals surface area contributed by atoms with Gasteiger partial charge in [0.15, 0.2) is 0 Å². The van der Waals surface area contributed by atoms with Gasteiger partial charge in [0.1, 0.15) is 5.82 Å². The lowest BCUT2D eigenvalue weighted by molar-refractivity contribution is 0.317. The largest absolute Gasteiger partial charge is 0.207 e. The normalized spacial score (nSPS) is 26.6. The minimum Gasteiger partial charge on any atom is -0.207 e. The lowest BCUT2D eigenvalue weighted by Crippen LogP contribution is -2.19. The van der Waals surface area contributed by atoms with E-state index in [1.54, 1.807) is 12.1 Å². The smallest absolute Gasteiger partial charge is 0.123 e. The molecule has 100 valence electrons.